The average molecular weight is 283 g/mol. The quantitative estimate of drug-likeness (QED) is 0.862. The minimum Gasteiger partial charge on any atom is -0.496 e. The van der Waals surface area contributed by atoms with E-state index in [0.29, 0.717) is 6.04 Å². The van der Waals surface area contributed by atoms with Gasteiger partial charge in [0.1, 0.15) is 5.75 Å². The molecule has 2 rings (SSSR count). The molecule has 2 nitrogen and oxygen atoms in total. The fourth-order valence-electron chi connectivity index (χ4n) is 2.98. The van der Waals surface area contributed by atoms with Crippen LogP contribution < -0.4 is 10.1 Å². The summed E-state index contributed by atoms with van der Waals surface area (Å²) in [5, 5.41) is 3.37. The zero-order valence-corrected chi connectivity index (χ0v) is 13.7. The van der Waals surface area contributed by atoms with Crippen LogP contribution in [0.1, 0.15) is 36.1 Å². The zero-order chi connectivity index (χ0) is 15.4. The summed E-state index contributed by atoms with van der Waals surface area (Å²) in [6.45, 7) is 6.45. The molecule has 0 heterocycles. The van der Waals surface area contributed by atoms with Gasteiger partial charge in [-0.3, -0.25) is 0 Å². The SMILES string of the molecule is CCC(NC)c1cccc(-c2c(C)cc(C)cc2OC)c1. The van der Waals surface area contributed by atoms with Crippen LogP contribution in [-0.4, -0.2) is 14.2 Å². The molecule has 112 valence electrons. The molecule has 0 aliphatic carbocycles. The molecule has 0 spiro atoms. The first-order chi connectivity index (χ1) is 10.1. The van der Waals surface area contributed by atoms with Crippen molar-refractivity contribution in [3.8, 4) is 16.9 Å². The standard InChI is InChI=1S/C19H25NO/c1-6-17(20-4)15-8-7-9-16(12-15)19-14(3)10-13(2)11-18(19)21-5/h7-12,17,20H,6H2,1-5H3. The van der Waals surface area contributed by atoms with Crippen molar-refractivity contribution < 1.29 is 4.74 Å². The van der Waals surface area contributed by atoms with Crippen LogP contribution in [0.15, 0.2) is 36.4 Å². The maximum Gasteiger partial charge on any atom is 0.127 e. The molecular weight excluding hydrogens is 258 g/mol. The Hall–Kier alpha value is -1.80. The van der Waals surface area contributed by atoms with Gasteiger partial charge in [0.15, 0.2) is 0 Å². The largest absolute Gasteiger partial charge is 0.496 e. The molecule has 0 aliphatic rings. The van der Waals surface area contributed by atoms with Crippen LogP contribution in [0, 0.1) is 13.8 Å². The molecule has 2 heteroatoms. The first kappa shape index (κ1) is 15.6. The molecule has 0 aromatic heterocycles. The number of nitrogens with one attached hydrogen (secondary N) is 1. The van der Waals surface area contributed by atoms with Crippen molar-refractivity contribution in [1.29, 1.82) is 0 Å². The van der Waals surface area contributed by atoms with Gasteiger partial charge < -0.3 is 10.1 Å². The van der Waals surface area contributed by atoms with Gasteiger partial charge in [-0.2, -0.15) is 0 Å². The van der Waals surface area contributed by atoms with Gasteiger partial charge in [-0.1, -0.05) is 31.2 Å². The van der Waals surface area contributed by atoms with Crippen LogP contribution in [0.2, 0.25) is 0 Å². The molecule has 0 saturated carbocycles. The summed E-state index contributed by atoms with van der Waals surface area (Å²) in [6.07, 6.45) is 1.07. The highest BCUT2D eigenvalue weighted by atomic mass is 16.5. The fraction of sp³-hybridized carbons (Fsp3) is 0.368. The average Bonchev–Trinajstić information content (AvgIpc) is 2.48. The van der Waals surface area contributed by atoms with Crippen molar-refractivity contribution in [2.45, 2.75) is 33.2 Å². The molecule has 21 heavy (non-hydrogen) atoms. The molecule has 0 saturated heterocycles. The van der Waals surface area contributed by atoms with E-state index in [0.717, 1.165) is 12.2 Å². The number of hydrogen-bond donors (Lipinski definition) is 1. The maximum absolute atomic E-state index is 5.60. The van der Waals surface area contributed by atoms with Crippen molar-refractivity contribution >= 4 is 0 Å². The van der Waals surface area contributed by atoms with Crippen LogP contribution in [-0.2, 0) is 0 Å². The summed E-state index contributed by atoms with van der Waals surface area (Å²) in [7, 11) is 3.75. The van der Waals surface area contributed by atoms with Crippen LogP contribution in [0.3, 0.4) is 0 Å². The van der Waals surface area contributed by atoms with Crippen LogP contribution in [0.5, 0.6) is 5.75 Å². The Morgan fingerprint density at radius 3 is 2.52 bits per heavy atom. The van der Waals surface area contributed by atoms with Gasteiger partial charge in [-0.05, 0) is 61.7 Å². The van der Waals surface area contributed by atoms with Crippen molar-refractivity contribution in [2.24, 2.45) is 0 Å². The van der Waals surface area contributed by atoms with Gasteiger partial charge in [0.25, 0.3) is 0 Å². The van der Waals surface area contributed by atoms with E-state index in [4.69, 9.17) is 4.74 Å². The van der Waals surface area contributed by atoms with Crippen molar-refractivity contribution in [1.82, 2.24) is 5.32 Å². The lowest BCUT2D eigenvalue weighted by atomic mass is 9.94. The van der Waals surface area contributed by atoms with E-state index in [2.05, 4.69) is 62.5 Å². The van der Waals surface area contributed by atoms with Crippen LogP contribution in [0.4, 0.5) is 0 Å². The Morgan fingerprint density at radius 1 is 1.14 bits per heavy atom. The number of aryl methyl sites for hydroxylation is 2. The summed E-state index contributed by atoms with van der Waals surface area (Å²) in [6, 6.07) is 13.4. The minimum atomic E-state index is 0.390. The number of methoxy groups -OCH3 is 1. The molecule has 0 radical (unpaired) electrons. The smallest absolute Gasteiger partial charge is 0.127 e. The first-order valence-electron chi connectivity index (χ1n) is 7.53. The molecule has 1 unspecified atom stereocenters. The monoisotopic (exact) mass is 283 g/mol. The molecule has 1 atom stereocenters. The van der Waals surface area contributed by atoms with Crippen molar-refractivity contribution in [2.75, 3.05) is 14.2 Å². The predicted molar refractivity (Wildman–Crippen MR) is 90.0 cm³/mol. The maximum atomic E-state index is 5.60. The third kappa shape index (κ3) is 3.27. The summed E-state index contributed by atoms with van der Waals surface area (Å²) >= 11 is 0. The molecule has 1 N–H and O–H groups in total. The van der Waals surface area contributed by atoms with E-state index < -0.39 is 0 Å². The lowest BCUT2D eigenvalue weighted by Crippen LogP contribution is -2.15. The number of hydrogen-bond acceptors (Lipinski definition) is 2. The second-order valence-corrected chi connectivity index (χ2v) is 5.53. The van der Waals surface area contributed by atoms with Crippen molar-refractivity contribution in [3.63, 3.8) is 0 Å². The highest BCUT2D eigenvalue weighted by Gasteiger charge is 2.13. The Labute approximate surface area is 128 Å². The topological polar surface area (TPSA) is 21.3 Å². The number of rotatable bonds is 5. The van der Waals surface area contributed by atoms with E-state index in [-0.39, 0.29) is 0 Å². The molecule has 2 aromatic rings. The first-order valence-corrected chi connectivity index (χ1v) is 7.53. The van der Waals surface area contributed by atoms with Gasteiger partial charge in [0, 0.05) is 11.6 Å². The Bertz CT molecular complexity index is 615. The van der Waals surface area contributed by atoms with Gasteiger partial charge in [0.2, 0.25) is 0 Å². The third-order valence-electron chi connectivity index (χ3n) is 4.00. The molecular formula is C19H25NO. The molecule has 0 aliphatic heterocycles. The Kier molecular flexibility index (Phi) is 5.03. The lowest BCUT2D eigenvalue weighted by Gasteiger charge is -2.18. The zero-order valence-electron chi connectivity index (χ0n) is 13.7. The molecule has 0 amide bonds. The van der Waals surface area contributed by atoms with E-state index in [1.807, 2.05) is 7.05 Å². The molecule has 0 bridgehead atoms. The summed E-state index contributed by atoms with van der Waals surface area (Å²) in [5.41, 5.74) is 6.21. The normalized spacial score (nSPS) is 12.2. The summed E-state index contributed by atoms with van der Waals surface area (Å²) in [4.78, 5) is 0. The predicted octanol–water partition coefficient (Wildman–Crippen LogP) is 4.65. The van der Waals surface area contributed by atoms with Gasteiger partial charge in [-0.25, -0.2) is 0 Å². The molecule has 0 fully saturated rings. The summed E-state index contributed by atoms with van der Waals surface area (Å²) in [5.74, 6) is 0.946. The van der Waals surface area contributed by atoms with Crippen molar-refractivity contribution in [3.05, 3.63) is 53.1 Å². The summed E-state index contributed by atoms with van der Waals surface area (Å²) < 4.78 is 5.60. The molecule has 2 aromatic carbocycles. The number of ether oxygens (including phenoxy) is 1. The van der Waals surface area contributed by atoms with E-state index in [9.17, 15) is 0 Å². The van der Waals surface area contributed by atoms with E-state index in [1.165, 1.54) is 27.8 Å². The third-order valence-corrected chi connectivity index (χ3v) is 4.00. The fourth-order valence-corrected chi connectivity index (χ4v) is 2.98. The lowest BCUT2D eigenvalue weighted by molar-refractivity contribution is 0.416. The van der Waals surface area contributed by atoms with Gasteiger partial charge in [0.05, 0.1) is 7.11 Å². The van der Waals surface area contributed by atoms with E-state index >= 15 is 0 Å². The minimum absolute atomic E-state index is 0.390. The highest BCUT2D eigenvalue weighted by molar-refractivity contribution is 5.75. The van der Waals surface area contributed by atoms with Crippen LogP contribution >= 0.6 is 0 Å². The van der Waals surface area contributed by atoms with E-state index in [1.54, 1.807) is 7.11 Å². The second-order valence-electron chi connectivity index (χ2n) is 5.53. The number of benzene rings is 2. The van der Waals surface area contributed by atoms with Gasteiger partial charge in [-0.15, -0.1) is 0 Å². The van der Waals surface area contributed by atoms with Gasteiger partial charge >= 0.3 is 0 Å². The Morgan fingerprint density at radius 2 is 1.90 bits per heavy atom. The Balaban J connectivity index is 2.55. The highest BCUT2D eigenvalue weighted by Crippen LogP contribution is 2.35. The second kappa shape index (κ2) is 6.77. The van der Waals surface area contributed by atoms with Crippen LogP contribution in [0.25, 0.3) is 11.1 Å².